The number of hydrogen-bond donors (Lipinski definition) is 0. The molecule has 144 valence electrons. The van der Waals surface area contributed by atoms with Crippen molar-refractivity contribution in [2.24, 2.45) is 0 Å². The molecule has 1 saturated heterocycles. The highest BCUT2D eigenvalue weighted by atomic mass is 32.2. The molecule has 2 aromatic heterocycles. The molecule has 0 bridgehead atoms. The Morgan fingerprint density at radius 3 is 2.78 bits per heavy atom. The van der Waals surface area contributed by atoms with Crippen molar-refractivity contribution in [1.29, 1.82) is 0 Å². The summed E-state index contributed by atoms with van der Waals surface area (Å²) in [6.07, 6.45) is 1.53. The van der Waals surface area contributed by atoms with Crippen molar-refractivity contribution in [3.05, 3.63) is 47.3 Å². The number of esters is 2. The van der Waals surface area contributed by atoms with Crippen LogP contribution in [0.25, 0.3) is 0 Å². The smallest absolute Gasteiger partial charge is 0.341 e. The van der Waals surface area contributed by atoms with Crippen LogP contribution in [0.2, 0.25) is 0 Å². The molecule has 9 heteroatoms. The molecule has 0 saturated carbocycles. The van der Waals surface area contributed by atoms with Crippen LogP contribution in [0.3, 0.4) is 0 Å². The average molecular weight is 393 g/mol. The summed E-state index contributed by atoms with van der Waals surface area (Å²) in [6, 6.07) is 4.25. The lowest BCUT2D eigenvalue weighted by Crippen LogP contribution is -2.42. The fraction of sp³-hybridized carbons (Fsp3) is 0.389. The molecule has 8 nitrogen and oxygen atoms in total. The van der Waals surface area contributed by atoms with Gasteiger partial charge in [0.05, 0.1) is 13.4 Å². The number of thioether (sulfide) groups is 1. The number of nitrogens with zero attached hydrogens (tertiary/aromatic N) is 1. The summed E-state index contributed by atoms with van der Waals surface area (Å²) >= 11 is 1.43. The predicted molar refractivity (Wildman–Crippen MR) is 94.8 cm³/mol. The summed E-state index contributed by atoms with van der Waals surface area (Å²) in [5.41, 5.74) is 0.281. The number of methoxy groups -OCH3 is 1. The molecule has 0 N–H and O–H groups in total. The van der Waals surface area contributed by atoms with Crippen molar-refractivity contribution in [2.75, 3.05) is 12.9 Å². The van der Waals surface area contributed by atoms with Gasteiger partial charge in [0.2, 0.25) is 5.91 Å². The summed E-state index contributed by atoms with van der Waals surface area (Å²) in [4.78, 5) is 37.7. The Morgan fingerprint density at radius 1 is 1.37 bits per heavy atom. The normalized spacial score (nSPS) is 19.1. The summed E-state index contributed by atoms with van der Waals surface area (Å²) in [7, 11) is 1.28. The first kappa shape index (κ1) is 19.1. The van der Waals surface area contributed by atoms with Gasteiger partial charge in [0, 0.05) is 12.7 Å². The van der Waals surface area contributed by atoms with Gasteiger partial charge in [-0.05, 0) is 25.1 Å². The van der Waals surface area contributed by atoms with Crippen LogP contribution in [0.1, 0.15) is 39.9 Å². The number of amides is 1. The van der Waals surface area contributed by atoms with E-state index >= 15 is 0 Å². The van der Waals surface area contributed by atoms with Gasteiger partial charge in [-0.15, -0.1) is 11.8 Å². The largest absolute Gasteiger partial charge is 0.466 e. The molecule has 1 fully saturated rings. The van der Waals surface area contributed by atoms with Gasteiger partial charge in [0.25, 0.3) is 0 Å². The molecule has 2 atom stereocenters. The zero-order chi connectivity index (χ0) is 19.6. The van der Waals surface area contributed by atoms with Gasteiger partial charge in [-0.3, -0.25) is 4.79 Å². The molecule has 0 aromatic carbocycles. The third kappa shape index (κ3) is 3.87. The summed E-state index contributed by atoms with van der Waals surface area (Å²) in [5.74, 6) is 0.399. The van der Waals surface area contributed by atoms with Crippen LogP contribution in [0.4, 0.5) is 0 Å². The lowest BCUT2D eigenvalue weighted by molar-refractivity contribution is -0.155. The zero-order valence-corrected chi connectivity index (χ0v) is 15.9. The highest BCUT2D eigenvalue weighted by molar-refractivity contribution is 7.99. The van der Waals surface area contributed by atoms with Gasteiger partial charge in [-0.25, -0.2) is 9.59 Å². The molecule has 3 rings (SSSR count). The van der Waals surface area contributed by atoms with E-state index in [2.05, 4.69) is 4.74 Å². The van der Waals surface area contributed by atoms with E-state index in [0.29, 0.717) is 23.0 Å². The van der Waals surface area contributed by atoms with Gasteiger partial charge in [0.1, 0.15) is 40.9 Å². The summed E-state index contributed by atoms with van der Waals surface area (Å²) in [6.45, 7) is 2.88. The predicted octanol–water partition coefficient (Wildman–Crippen LogP) is 2.67. The van der Waals surface area contributed by atoms with E-state index in [-0.39, 0.29) is 23.5 Å². The number of ether oxygens (including phenoxy) is 2. The topological polar surface area (TPSA) is 99.2 Å². The Kier molecular flexibility index (Phi) is 5.59. The first-order valence-electron chi connectivity index (χ1n) is 8.20. The fourth-order valence-electron chi connectivity index (χ4n) is 2.89. The quantitative estimate of drug-likeness (QED) is 0.715. The Morgan fingerprint density at radius 2 is 2.15 bits per heavy atom. The van der Waals surface area contributed by atoms with Crippen molar-refractivity contribution >= 4 is 29.6 Å². The molecule has 1 aliphatic rings. The molecular weight excluding hydrogens is 374 g/mol. The van der Waals surface area contributed by atoms with Crippen molar-refractivity contribution < 1.29 is 32.7 Å². The number of aryl methyl sites for hydroxylation is 1. The van der Waals surface area contributed by atoms with E-state index in [9.17, 15) is 14.4 Å². The van der Waals surface area contributed by atoms with E-state index in [0.717, 1.165) is 0 Å². The third-order valence-corrected chi connectivity index (χ3v) is 5.44. The maximum absolute atomic E-state index is 12.5. The first-order valence-corrected chi connectivity index (χ1v) is 9.25. The number of carbonyl (C=O) groups excluding carboxylic acids is 3. The van der Waals surface area contributed by atoms with Crippen molar-refractivity contribution in [2.45, 2.75) is 31.9 Å². The molecule has 1 aliphatic heterocycles. The van der Waals surface area contributed by atoms with Crippen molar-refractivity contribution in [1.82, 2.24) is 4.90 Å². The molecular formula is C18H19NO7S. The molecule has 3 heterocycles. The van der Waals surface area contributed by atoms with Gasteiger partial charge >= 0.3 is 11.9 Å². The van der Waals surface area contributed by atoms with Gasteiger partial charge in [-0.2, -0.15) is 0 Å². The van der Waals surface area contributed by atoms with Crippen LogP contribution in [0, 0.1) is 6.92 Å². The van der Waals surface area contributed by atoms with Crippen molar-refractivity contribution in [3.63, 3.8) is 0 Å². The van der Waals surface area contributed by atoms with Crippen LogP contribution in [-0.4, -0.2) is 41.7 Å². The molecule has 2 aromatic rings. The highest BCUT2D eigenvalue weighted by Gasteiger charge is 2.43. The summed E-state index contributed by atoms with van der Waals surface area (Å²) in [5, 5.41) is -0.369. The SMILES string of the molecule is COC(=O)c1cc(COC(=O)[C@H]2CS[C@H](c3ccco3)N2C(C)=O)oc1C. The first-order chi connectivity index (χ1) is 12.9. The second-order valence-electron chi connectivity index (χ2n) is 5.93. The van der Waals surface area contributed by atoms with Crippen LogP contribution in [-0.2, 0) is 25.7 Å². The average Bonchev–Trinajstić information content (AvgIpc) is 3.37. The van der Waals surface area contributed by atoms with E-state index < -0.39 is 18.0 Å². The highest BCUT2D eigenvalue weighted by Crippen LogP contribution is 2.41. The molecule has 1 amide bonds. The monoisotopic (exact) mass is 393 g/mol. The van der Waals surface area contributed by atoms with Gasteiger partial charge in [0.15, 0.2) is 0 Å². The van der Waals surface area contributed by atoms with Gasteiger partial charge in [-0.1, -0.05) is 0 Å². The second-order valence-corrected chi connectivity index (χ2v) is 7.04. The molecule has 0 radical (unpaired) electrons. The zero-order valence-electron chi connectivity index (χ0n) is 15.1. The minimum Gasteiger partial charge on any atom is -0.466 e. The maximum Gasteiger partial charge on any atom is 0.341 e. The Hall–Kier alpha value is -2.68. The van der Waals surface area contributed by atoms with E-state index in [1.54, 1.807) is 19.1 Å². The number of furan rings is 2. The minimum atomic E-state index is -0.723. The third-order valence-electron chi connectivity index (χ3n) is 4.15. The van der Waals surface area contributed by atoms with E-state index in [1.165, 1.54) is 43.0 Å². The minimum absolute atomic E-state index is 0.144. The van der Waals surface area contributed by atoms with Gasteiger partial charge < -0.3 is 23.2 Å². The Bertz CT molecular complexity index is 842. The molecule has 0 unspecified atom stereocenters. The maximum atomic E-state index is 12.5. The van der Waals surface area contributed by atoms with E-state index in [4.69, 9.17) is 13.6 Å². The Balaban J connectivity index is 1.67. The van der Waals surface area contributed by atoms with Crippen LogP contribution < -0.4 is 0 Å². The fourth-order valence-corrected chi connectivity index (χ4v) is 4.31. The number of rotatable bonds is 5. The lowest BCUT2D eigenvalue weighted by atomic mass is 10.2. The van der Waals surface area contributed by atoms with Crippen LogP contribution >= 0.6 is 11.8 Å². The Labute approximate surface area is 159 Å². The summed E-state index contributed by atoms with van der Waals surface area (Å²) < 4.78 is 20.8. The lowest BCUT2D eigenvalue weighted by Gasteiger charge is -2.25. The van der Waals surface area contributed by atoms with Crippen LogP contribution in [0.15, 0.2) is 33.3 Å². The molecule has 0 spiro atoms. The molecule has 27 heavy (non-hydrogen) atoms. The van der Waals surface area contributed by atoms with E-state index in [1.807, 2.05) is 0 Å². The molecule has 0 aliphatic carbocycles. The number of hydrogen-bond acceptors (Lipinski definition) is 8. The number of carbonyl (C=O) groups is 3. The second kappa shape index (κ2) is 7.91. The standard InChI is InChI=1S/C18H19NO7S/c1-10-13(17(21)23-3)7-12(26-10)8-25-18(22)14-9-27-16(19(14)11(2)20)15-5-4-6-24-15/h4-7,14,16H,8-9H2,1-3H3/t14-,16-/m1/s1. The van der Waals surface area contributed by atoms with Crippen molar-refractivity contribution in [3.8, 4) is 0 Å². The van der Waals surface area contributed by atoms with Crippen LogP contribution in [0.5, 0.6) is 0 Å².